The number of aromatic nitrogens is 4. The predicted octanol–water partition coefficient (Wildman–Crippen LogP) is 2.40. The summed E-state index contributed by atoms with van der Waals surface area (Å²) in [5, 5.41) is 4.30. The lowest BCUT2D eigenvalue weighted by molar-refractivity contribution is 0.460. The van der Waals surface area contributed by atoms with Crippen molar-refractivity contribution in [1.82, 2.24) is 19.3 Å². The van der Waals surface area contributed by atoms with Gasteiger partial charge in [-0.05, 0) is 25.5 Å². The zero-order valence-electron chi connectivity index (χ0n) is 12.7. The van der Waals surface area contributed by atoms with E-state index in [0.29, 0.717) is 0 Å². The van der Waals surface area contributed by atoms with E-state index < -0.39 is 0 Å². The fourth-order valence-electron chi connectivity index (χ4n) is 2.92. The Labute approximate surface area is 124 Å². The molecule has 1 aromatic carbocycles. The van der Waals surface area contributed by atoms with Gasteiger partial charge in [0.1, 0.15) is 5.82 Å². The van der Waals surface area contributed by atoms with E-state index in [0.717, 1.165) is 28.8 Å². The third-order valence-electron chi connectivity index (χ3n) is 3.99. The van der Waals surface area contributed by atoms with Gasteiger partial charge in [-0.15, -0.1) is 0 Å². The molecule has 2 N–H and O–H groups in total. The number of nitrogens with zero attached hydrogens (tertiary/aromatic N) is 4. The summed E-state index contributed by atoms with van der Waals surface area (Å²) in [4.78, 5) is 4.66. The summed E-state index contributed by atoms with van der Waals surface area (Å²) >= 11 is 0. The number of nitrogens with two attached hydrogens (primary N) is 1. The van der Waals surface area contributed by atoms with Crippen LogP contribution in [-0.2, 0) is 7.05 Å². The highest BCUT2D eigenvalue weighted by atomic mass is 15.2. The largest absolute Gasteiger partial charge is 0.326 e. The Morgan fingerprint density at radius 2 is 2.05 bits per heavy atom. The number of para-hydroxylation sites is 2. The van der Waals surface area contributed by atoms with Crippen LogP contribution in [0.3, 0.4) is 0 Å². The second-order valence-corrected chi connectivity index (χ2v) is 5.48. The Balaban J connectivity index is 2.21. The standard InChI is InChI=1S/C16H21N5/c1-4-13(17)16(12-9-18-20(3)10-12)21-11(2)19-14-7-5-6-8-15(14)21/h5-10,13,16H,4,17H2,1-3H3. The SMILES string of the molecule is CCC(N)C(c1cnn(C)c1)n1c(C)nc2ccccc21. The van der Waals surface area contributed by atoms with Gasteiger partial charge in [0.25, 0.3) is 0 Å². The molecule has 5 heteroatoms. The predicted molar refractivity (Wildman–Crippen MR) is 84.1 cm³/mol. The van der Waals surface area contributed by atoms with Crippen molar-refractivity contribution in [3.05, 3.63) is 48.0 Å². The molecule has 0 amide bonds. The lowest BCUT2D eigenvalue weighted by atomic mass is 10.00. The van der Waals surface area contributed by atoms with Crippen molar-refractivity contribution >= 4 is 11.0 Å². The van der Waals surface area contributed by atoms with Gasteiger partial charge in [-0.1, -0.05) is 19.1 Å². The van der Waals surface area contributed by atoms with Gasteiger partial charge >= 0.3 is 0 Å². The number of hydrogen-bond acceptors (Lipinski definition) is 3. The molecule has 0 fully saturated rings. The van der Waals surface area contributed by atoms with Gasteiger partial charge in [-0.25, -0.2) is 4.98 Å². The van der Waals surface area contributed by atoms with E-state index in [4.69, 9.17) is 5.73 Å². The fourth-order valence-corrected chi connectivity index (χ4v) is 2.92. The molecule has 110 valence electrons. The summed E-state index contributed by atoms with van der Waals surface area (Å²) in [5.41, 5.74) is 9.67. The number of hydrogen-bond donors (Lipinski definition) is 1. The molecular weight excluding hydrogens is 262 g/mol. The first-order valence-corrected chi connectivity index (χ1v) is 7.29. The number of benzene rings is 1. The van der Waals surface area contributed by atoms with Crippen molar-refractivity contribution in [3.63, 3.8) is 0 Å². The van der Waals surface area contributed by atoms with Crippen LogP contribution in [0.4, 0.5) is 0 Å². The Hall–Kier alpha value is -2.14. The van der Waals surface area contributed by atoms with Crippen molar-refractivity contribution < 1.29 is 0 Å². The van der Waals surface area contributed by atoms with Gasteiger partial charge in [0.05, 0.1) is 23.3 Å². The maximum atomic E-state index is 6.42. The van der Waals surface area contributed by atoms with Gasteiger partial charge in [-0.2, -0.15) is 5.10 Å². The monoisotopic (exact) mass is 283 g/mol. The number of imidazole rings is 1. The van der Waals surface area contributed by atoms with Gasteiger partial charge in [0.15, 0.2) is 0 Å². The minimum atomic E-state index is 0.0190. The van der Waals surface area contributed by atoms with Crippen molar-refractivity contribution in [1.29, 1.82) is 0 Å². The molecule has 2 heterocycles. The molecule has 0 saturated carbocycles. The average molecular weight is 283 g/mol. The molecule has 0 spiro atoms. The van der Waals surface area contributed by atoms with E-state index in [9.17, 15) is 0 Å². The maximum absolute atomic E-state index is 6.42. The summed E-state index contributed by atoms with van der Waals surface area (Å²) in [5.74, 6) is 0.981. The second kappa shape index (κ2) is 5.33. The van der Waals surface area contributed by atoms with Crippen LogP contribution in [0.2, 0.25) is 0 Å². The Bertz CT molecular complexity index is 755. The molecule has 5 nitrogen and oxygen atoms in total. The maximum Gasteiger partial charge on any atom is 0.107 e. The Morgan fingerprint density at radius 3 is 2.71 bits per heavy atom. The van der Waals surface area contributed by atoms with Crippen molar-refractivity contribution in [2.75, 3.05) is 0 Å². The molecule has 0 saturated heterocycles. The summed E-state index contributed by atoms with van der Waals surface area (Å²) < 4.78 is 4.06. The number of fused-ring (bicyclic) bond motifs is 1. The van der Waals surface area contributed by atoms with Crippen molar-refractivity contribution in [2.45, 2.75) is 32.4 Å². The summed E-state index contributed by atoms with van der Waals surface area (Å²) in [7, 11) is 1.93. The van der Waals surface area contributed by atoms with E-state index in [1.165, 1.54) is 0 Å². The zero-order chi connectivity index (χ0) is 15.0. The number of aryl methyl sites for hydroxylation is 2. The molecule has 21 heavy (non-hydrogen) atoms. The molecule has 3 rings (SSSR count). The van der Waals surface area contributed by atoms with Crippen LogP contribution in [0, 0.1) is 6.92 Å². The molecular formula is C16H21N5. The Morgan fingerprint density at radius 1 is 1.29 bits per heavy atom. The lowest BCUT2D eigenvalue weighted by Crippen LogP contribution is -2.32. The normalized spacial score (nSPS) is 14.5. The van der Waals surface area contributed by atoms with E-state index in [2.05, 4.69) is 27.6 Å². The Kier molecular flexibility index (Phi) is 3.51. The first kappa shape index (κ1) is 13.8. The van der Waals surface area contributed by atoms with Crippen LogP contribution < -0.4 is 5.73 Å². The third-order valence-corrected chi connectivity index (χ3v) is 3.99. The minimum Gasteiger partial charge on any atom is -0.326 e. The van der Waals surface area contributed by atoms with Gasteiger partial charge < -0.3 is 10.3 Å². The summed E-state index contributed by atoms with van der Waals surface area (Å²) in [6.45, 7) is 4.15. The second-order valence-electron chi connectivity index (χ2n) is 5.48. The zero-order valence-corrected chi connectivity index (χ0v) is 12.7. The van der Waals surface area contributed by atoms with Crippen molar-refractivity contribution in [2.24, 2.45) is 12.8 Å². The molecule has 3 aromatic rings. The van der Waals surface area contributed by atoms with Crippen LogP contribution in [0.25, 0.3) is 11.0 Å². The first-order valence-electron chi connectivity index (χ1n) is 7.29. The molecule has 0 aliphatic rings. The molecule has 2 unspecified atom stereocenters. The van der Waals surface area contributed by atoms with Crippen LogP contribution in [0.1, 0.15) is 30.8 Å². The summed E-state index contributed by atoms with van der Waals surface area (Å²) in [6, 6.07) is 8.26. The molecule has 0 aliphatic heterocycles. The molecule has 0 bridgehead atoms. The highest BCUT2D eigenvalue weighted by Gasteiger charge is 2.25. The quantitative estimate of drug-likeness (QED) is 0.799. The minimum absolute atomic E-state index is 0.0190. The molecule has 0 aliphatic carbocycles. The first-order chi connectivity index (χ1) is 10.1. The third kappa shape index (κ3) is 2.34. The topological polar surface area (TPSA) is 61.7 Å². The van der Waals surface area contributed by atoms with E-state index in [1.54, 1.807) is 0 Å². The van der Waals surface area contributed by atoms with Gasteiger partial charge in [-0.3, -0.25) is 4.68 Å². The van der Waals surface area contributed by atoms with Crippen LogP contribution in [0.5, 0.6) is 0 Å². The van der Waals surface area contributed by atoms with E-state index in [1.807, 2.05) is 49.2 Å². The smallest absolute Gasteiger partial charge is 0.107 e. The van der Waals surface area contributed by atoms with Gasteiger partial charge in [0.2, 0.25) is 0 Å². The highest BCUT2D eigenvalue weighted by molar-refractivity contribution is 5.76. The average Bonchev–Trinajstić information content (AvgIpc) is 3.04. The van der Waals surface area contributed by atoms with Crippen LogP contribution in [-0.4, -0.2) is 25.4 Å². The number of rotatable bonds is 4. The highest BCUT2D eigenvalue weighted by Crippen LogP contribution is 2.28. The van der Waals surface area contributed by atoms with Crippen LogP contribution in [0.15, 0.2) is 36.7 Å². The fraction of sp³-hybridized carbons (Fsp3) is 0.375. The molecule has 2 atom stereocenters. The van der Waals surface area contributed by atoms with Crippen molar-refractivity contribution in [3.8, 4) is 0 Å². The molecule has 0 radical (unpaired) electrons. The van der Waals surface area contributed by atoms with E-state index in [-0.39, 0.29) is 12.1 Å². The molecule has 2 aromatic heterocycles. The van der Waals surface area contributed by atoms with Crippen LogP contribution >= 0.6 is 0 Å². The lowest BCUT2D eigenvalue weighted by Gasteiger charge is -2.25. The van der Waals surface area contributed by atoms with Gasteiger partial charge in [0, 0.05) is 24.8 Å². The van der Waals surface area contributed by atoms with E-state index >= 15 is 0 Å². The summed E-state index contributed by atoms with van der Waals surface area (Å²) in [6.07, 6.45) is 4.83.